The van der Waals surface area contributed by atoms with E-state index in [1.807, 2.05) is 7.05 Å². The van der Waals surface area contributed by atoms with Crippen molar-refractivity contribution >= 4 is 0 Å². The fourth-order valence-electron chi connectivity index (χ4n) is 1.75. The Morgan fingerprint density at radius 3 is 2.83 bits per heavy atom. The van der Waals surface area contributed by atoms with Gasteiger partial charge in [-0.05, 0) is 45.8 Å². The molecule has 0 aromatic carbocycles. The van der Waals surface area contributed by atoms with Crippen molar-refractivity contribution in [3.05, 3.63) is 0 Å². The summed E-state index contributed by atoms with van der Waals surface area (Å²) in [6.07, 6.45) is 2.68. The molecular weight excluding hydrogens is 148 g/mol. The minimum atomic E-state index is 0.668. The molecule has 0 radical (unpaired) electrons. The van der Waals surface area contributed by atoms with Crippen LogP contribution in [-0.4, -0.2) is 37.6 Å². The normalized spacial score (nSPS) is 27.8. The molecule has 2 heteroatoms. The maximum Gasteiger partial charge on any atom is 0.00479 e. The zero-order valence-corrected chi connectivity index (χ0v) is 8.64. The molecule has 2 unspecified atom stereocenters. The highest BCUT2D eigenvalue weighted by atomic mass is 15.1. The van der Waals surface area contributed by atoms with Gasteiger partial charge >= 0.3 is 0 Å². The highest BCUT2D eigenvalue weighted by Gasteiger charge is 2.17. The molecule has 1 saturated heterocycles. The lowest BCUT2D eigenvalue weighted by molar-refractivity contribution is 0.308. The molecule has 0 aromatic rings. The predicted octanol–water partition coefficient (Wildman–Crippen LogP) is 1.33. The maximum atomic E-state index is 3.27. The van der Waals surface area contributed by atoms with Gasteiger partial charge in [-0.1, -0.05) is 6.92 Å². The average molecular weight is 170 g/mol. The van der Waals surface area contributed by atoms with Crippen molar-refractivity contribution in [1.82, 2.24) is 10.2 Å². The summed E-state index contributed by atoms with van der Waals surface area (Å²) in [5.74, 6) is 0.926. The Labute approximate surface area is 76.3 Å². The molecule has 1 N–H and O–H groups in total. The molecule has 0 aliphatic carbocycles. The Kier molecular flexibility index (Phi) is 4.02. The van der Waals surface area contributed by atoms with E-state index >= 15 is 0 Å². The van der Waals surface area contributed by atoms with Gasteiger partial charge < -0.3 is 10.2 Å². The fourth-order valence-corrected chi connectivity index (χ4v) is 1.75. The van der Waals surface area contributed by atoms with Crippen molar-refractivity contribution in [2.24, 2.45) is 5.92 Å². The maximum absolute atomic E-state index is 3.27. The Morgan fingerprint density at radius 1 is 1.58 bits per heavy atom. The van der Waals surface area contributed by atoms with Crippen LogP contribution in [0.15, 0.2) is 0 Å². The number of nitrogens with one attached hydrogen (secondary N) is 1. The van der Waals surface area contributed by atoms with E-state index in [0.717, 1.165) is 5.92 Å². The van der Waals surface area contributed by atoms with Gasteiger partial charge in [0.15, 0.2) is 0 Å². The van der Waals surface area contributed by atoms with E-state index in [0.29, 0.717) is 6.04 Å². The molecule has 0 saturated carbocycles. The van der Waals surface area contributed by atoms with Gasteiger partial charge in [-0.25, -0.2) is 0 Å². The average Bonchev–Trinajstić information content (AvgIpc) is 2.47. The van der Waals surface area contributed by atoms with E-state index in [1.165, 1.54) is 32.5 Å². The zero-order valence-electron chi connectivity index (χ0n) is 8.64. The number of rotatable bonds is 4. The topological polar surface area (TPSA) is 15.3 Å². The summed E-state index contributed by atoms with van der Waals surface area (Å²) in [5.41, 5.74) is 0. The first-order chi connectivity index (χ1) is 5.72. The lowest BCUT2D eigenvalue weighted by Crippen LogP contribution is -2.29. The Hall–Kier alpha value is -0.0800. The number of hydrogen-bond acceptors (Lipinski definition) is 2. The van der Waals surface area contributed by atoms with Crippen LogP contribution in [0.1, 0.15) is 26.7 Å². The van der Waals surface area contributed by atoms with Gasteiger partial charge in [0.1, 0.15) is 0 Å². The van der Waals surface area contributed by atoms with Gasteiger partial charge in [0.25, 0.3) is 0 Å². The lowest BCUT2D eigenvalue weighted by Gasteiger charge is -2.17. The first-order valence-corrected chi connectivity index (χ1v) is 5.12. The Balaban J connectivity index is 2.07. The monoisotopic (exact) mass is 170 g/mol. The first-order valence-electron chi connectivity index (χ1n) is 5.12. The first kappa shape index (κ1) is 10.0. The second-order valence-corrected chi connectivity index (χ2v) is 4.17. The van der Waals surface area contributed by atoms with Crippen LogP contribution in [0.4, 0.5) is 0 Å². The van der Waals surface area contributed by atoms with E-state index in [-0.39, 0.29) is 0 Å². The van der Waals surface area contributed by atoms with Crippen molar-refractivity contribution in [3.8, 4) is 0 Å². The largest absolute Gasteiger partial charge is 0.317 e. The molecule has 0 spiro atoms. The van der Waals surface area contributed by atoms with Crippen molar-refractivity contribution in [3.63, 3.8) is 0 Å². The summed E-state index contributed by atoms with van der Waals surface area (Å²) in [6, 6.07) is 0.668. The van der Waals surface area contributed by atoms with Gasteiger partial charge in [0, 0.05) is 12.6 Å². The molecule has 1 aliphatic heterocycles. The Bertz CT molecular complexity index is 125. The molecular formula is C10H22N2. The molecule has 72 valence electrons. The SMILES string of the molecule is CNC(C)CCN1CCC(C)C1. The molecule has 0 bridgehead atoms. The van der Waals surface area contributed by atoms with Gasteiger partial charge in [0.2, 0.25) is 0 Å². The van der Waals surface area contributed by atoms with E-state index in [2.05, 4.69) is 24.1 Å². The van der Waals surface area contributed by atoms with Crippen molar-refractivity contribution in [1.29, 1.82) is 0 Å². The van der Waals surface area contributed by atoms with E-state index in [4.69, 9.17) is 0 Å². The minimum Gasteiger partial charge on any atom is -0.317 e. The predicted molar refractivity (Wildman–Crippen MR) is 53.4 cm³/mol. The van der Waals surface area contributed by atoms with Crippen LogP contribution in [0.5, 0.6) is 0 Å². The third kappa shape index (κ3) is 3.11. The molecule has 1 heterocycles. The third-order valence-corrected chi connectivity index (χ3v) is 2.88. The summed E-state index contributed by atoms with van der Waals surface area (Å²) in [5, 5.41) is 3.27. The molecule has 2 nitrogen and oxygen atoms in total. The number of likely N-dealkylation sites (tertiary alicyclic amines) is 1. The van der Waals surface area contributed by atoms with Gasteiger partial charge in [-0.3, -0.25) is 0 Å². The molecule has 0 aromatic heterocycles. The fraction of sp³-hybridized carbons (Fsp3) is 1.00. The summed E-state index contributed by atoms with van der Waals surface area (Å²) >= 11 is 0. The summed E-state index contributed by atoms with van der Waals surface area (Å²) in [7, 11) is 2.04. The van der Waals surface area contributed by atoms with Gasteiger partial charge in [0.05, 0.1) is 0 Å². The number of nitrogens with zero attached hydrogens (tertiary/aromatic N) is 1. The van der Waals surface area contributed by atoms with E-state index < -0.39 is 0 Å². The molecule has 0 amide bonds. The van der Waals surface area contributed by atoms with Crippen LogP contribution >= 0.6 is 0 Å². The van der Waals surface area contributed by atoms with Crippen molar-refractivity contribution in [2.75, 3.05) is 26.7 Å². The molecule has 1 rings (SSSR count). The standard InChI is InChI=1S/C10H22N2/c1-9-4-6-12(8-9)7-5-10(2)11-3/h9-11H,4-8H2,1-3H3. The van der Waals surface area contributed by atoms with Crippen LogP contribution in [0, 0.1) is 5.92 Å². The van der Waals surface area contributed by atoms with Gasteiger partial charge in [-0.15, -0.1) is 0 Å². The van der Waals surface area contributed by atoms with Crippen LogP contribution in [0.3, 0.4) is 0 Å². The summed E-state index contributed by atoms with van der Waals surface area (Å²) < 4.78 is 0. The van der Waals surface area contributed by atoms with Crippen LogP contribution in [0.25, 0.3) is 0 Å². The molecule has 12 heavy (non-hydrogen) atoms. The molecule has 1 aliphatic rings. The second-order valence-electron chi connectivity index (χ2n) is 4.17. The highest BCUT2D eigenvalue weighted by molar-refractivity contribution is 4.73. The number of hydrogen-bond donors (Lipinski definition) is 1. The van der Waals surface area contributed by atoms with Crippen LogP contribution in [0.2, 0.25) is 0 Å². The minimum absolute atomic E-state index is 0.668. The van der Waals surface area contributed by atoms with Crippen LogP contribution < -0.4 is 5.32 Å². The Morgan fingerprint density at radius 2 is 2.33 bits per heavy atom. The third-order valence-electron chi connectivity index (χ3n) is 2.88. The highest BCUT2D eigenvalue weighted by Crippen LogP contribution is 2.14. The van der Waals surface area contributed by atoms with E-state index in [1.54, 1.807) is 0 Å². The zero-order chi connectivity index (χ0) is 8.97. The van der Waals surface area contributed by atoms with Crippen molar-refractivity contribution < 1.29 is 0 Å². The summed E-state index contributed by atoms with van der Waals surface area (Å²) in [4.78, 5) is 2.58. The quantitative estimate of drug-likeness (QED) is 0.684. The molecule has 2 atom stereocenters. The van der Waals surface area contributed by atoms with Crippen LogP contribution in [-0.2, 0) is 0 Å². The van der Waals surface area contributed by atoms with E-state index in [9.17, 15) is 0 Å². The summed E-state index contributed by atoms with van der Waals surface area (Å²) in [6.45, 7) is 8.50. The van der Waals surface area contributed by atoms with Crippen molar-refractivity contribution in [2.45, 2.75) is 32.7 Å². The smallest absolute Gasteiger partial charge is 0.00479 e. The van der Waals surface area contributed by atoms with Gasteiger partial charge in [-0.2, -0.15) is 0 Å². The lowest BCUT2D eigenvalue weighted by atomic mass is 10.2. The second kappa shape index (κ2) is 4.83. The molecule has 1 fully saturated rings.